The summed E-state index contributed by atoms with van der Waals surface area (Å²) in [7, 11) is 0. The van der Waals surface area contributed by atoms with Crippen LogP contribution in [0.4, 0.5) is 5.69 Å². The van der Waals surface area contributed by atoms with Gasteiger partial charge in [-0.1, -0.05) is 37.5 Å². The molecule has 7 amide bonds. The van der Waals surface area contributed by atoms with Gasteiger partial charge in [-0.15, -0.1) is 11.8 Å². The standard InChI is InChI=1S/C38H56N6O7S/c1-2-39-35(48)27-18-16-26(17-19-27)25-40-32(45)15-9-4-10-22-44-34(47)24-31(38(44)51)52-23-11-5-8-14-29(36(49)41-28-12-6-3-7-13-28)43-37(50)30-20-21-33(46)42-30/h3,6-7,12-13,26-27,29-31H,2,4-5,8-11,14-25H2,1H3,(H,39,48)(H,40,45)(H,41,49)(H,42,46)(H,43,50)/t26?,27?,29-,30+,31?/m0/s1. The van der Waals surface area contributed by atoms with Crippen molar-refractivity contribution in [2.45, 2.75) is 121 Å². The lowest BCUT2D eigenvalue weighted by Gasteiger charge is -2.27. The molecule has 3 aliphatic rings. The summed E-state index contributed by atoms with van der Waals surface area (Å²) in [5, 5.41) is 13.9. The number of nitrogens with zero attached hydrogens (tertiary/aromatic N) is 1. The third-order valence-corrected chi connectivity index (χ3v) is 11.4. The second-order valence-electron chi connectivity index (χ2n) is 14.1. The summed E-state index contributed by atoms with van der Waals surface area (Å²) < 4.78 is 0. The van der Waals surface area contributed by atoms with Crippen molar-refractivity contribution in [1.29, 1.82) is 0 Å². The van der Waals surface area contributed by atoms with Gasteiger partial charge in [0.25, 0.3) is 0 Å². The van der Waals surface area contributed by atoms with Crippen LogP contribution in [0.25, 0.3) is 0 Å². The van der Waals surface area contributed by atoms with Crippen LogP contribution in [0.3, 0.4) is 0 Å². The SMILES string of the molecule is CCNC(=O)C1CCC(CNC(=O)CCCCCN2C(=O)CC(SCCCCC[C@H](NC(=O)[C@H]3CCC(=O)N3)C(=O)Nc3ccccc3)C2=O)CC1. The van der Waals surface area contributed by atoms with Crippen LogP contribution in [-0.4, -0.2) is 89.0 Å². The highest BCUT2D eigenvalue weighted by Gasteiger charge is 2.38. The number of unbranched alkanes of at least 4 members (excludes halogenated alkanes) is 4. The third-order valence-electron chi connectivity index (χ3n) is 10.1. The Balaban J connectivity index is 1.07. The Hall–Kier alpha value is -3.94. The number of amides is 7. The van der Waals surface area contributed by atoms with Gasteiger partial charge in [0.15, 0.2) is 0 Å². The number of carbonyl (C=O) groups is 7. The average molecular weight is 741 g/mol. The van der Waals surface area contributed by atoms with Gasteiger partial charge in [0.2, 0.25) is 41.4 Å². The molecule has 5 N–H and O–H groups in total. The number of hydrogen-bond acceptors (Lipinski definition) is 8. The third kappa shape index (κ3) is 13.2. The second kappa shape index (κ2) is 21.6. The topological polar surface area (TPSA) is 183 Å². The zero-order valence-electron chi connectivity index (χ0n) is 30.4. The molecule has 3 fully saturated rings. The summed E-state index contributed by atoms with van der Waals surface area (Å²) in [6.45, 7) is 3.59. The van der Waals surface area contributed by atoms with Crippen molar-refractivity contribution < 1.29 is 33.6 Å². The van der Waals surface area contributed by atoms with E-state index in [-0.39, 0.29) is 65.4 Å². The Labute approximate surface area is 311 Å². The lowest BCUT2D eigenvalue weighted by atomic mass is 9.81. The van der Waals surface area contributed by atoms with Crippen molar-refractivity contribution in [3.63, 3.8) is 0 Å². The Morgan fingerprint density at radius 2 is 1.63 bits per heavy atom. The molecule has 2 saturated heterocycles. The number of rotatable bonds is 21. The van der Waals surface area contributed by atoms with Gasteiger partial charge in [-0.3, -0.25) is 38.5 Å². The maximum absolute atomic E-state index is 13.1. The molecule has 1 aromatic carbocycles. The minimum atomic E-state index is -0.757. The van der Waals surface area contributed by atoms with E-state index in [0.717, 1.165) is 44.9 Å². The van der Waals surface area contributed by atoms with E-state index in [2.05, 4.69) is 26.6 Å². The fourth-order valence-electron chi connectivity index (χ4n) is 7.00. The normalized spacial score (nSPS) is 22.1. The number of hydrogen-bond donors (Lipinski definition) is 5. The number of likely N-dealkylation sites (tertiary alicyclic amines) is 1. The molecule has 1 aromatic rings. The van der Waals surface area contributed by atoms with Gasteiger partial charge in [0, 0.05) is 50.5 Å². The van der Waals surface area contributed by atoms with E-state index in [1.165, 1.54) is 16.7 Å². The lowest BCUT2D eigenvalue weighted by molar-refractivity contribution is -0.138. The molecular formula is C38H56N6O7S. The van der Waals surface area contributed by atoms with Crippen LogP contribution in [0.1, 0.15) is 103 Å². The first kappa shape index (κ1) is 40.8. The van der Waals surface area contributed by atoms with Crippen molar-refractivity contribution in [1.82, 2.24) is 26.2 Å². The first-order valence-electron chi connectivity index (χ1n) is 19.1. The minimum Gasteiger partial charge on any atom is -0.356 e. The van der Waals surface area contributed by atoms with Crippen LogP contribution in [0, 0.1) is 11.8 Å². The van der Waals surface area contributed by atoms with Crippen molar-refractivity contribution in [3.05, 3.63) is 30.3 Å². The van der Waals surface area contributed by atoms with E-state index in [1.54, 1.807) is 12.1 Å². The Morgan fingerprint density at radius 3 is 2.35 bits per heavy atom. The van der Waals surface area contributed by atoms with E-state index in [9.17, 15) is 33.6 Å². The Morgan fingerprint density at radius 1 is 0.885 bits per heavy atom. The first-order chi connectivity index (χ1) is 25.1. The van der Waals surface area contributed by atoms with Crippen LogP contribution in [0.15, 0.2) is 30.3 Å². The van der Waals surface area contributed by atoms with E-state index in [1.807, 2.05) is 25.1 Å². The summed E-state index contributed by atoms with van der Waals surface area (Å²) >= 11 is 1.49. The van der Waals surface area contributed by atoms with Crippen LogP contribution >= 0.6 is 11.8 Å². The maximum Gasteiger partial charge on any atom is 0.246 e. The first-order valence-corrected chi connectivity index (χ1v) is 20.1. The zero-order chi connectivity index (χ0) is 37.3. The zero-order valence-corrected chi connectivity index (χ0v) is 31.2. The number of carbonyl (C=O) groups excluding carboxylic acids is 7. The average Bonchev–Trinajstić information content (AvgIpc) is 3.70. The molecule has 0 aromatic heterocycles. The van der Waals surface area contributed by atoms with Gasteiger partial charge in [0.05, 0.1) is 5.25 Å². The summed E-state index contributed by atoms with van der Waals surface area (Å²) in [4.78, 5) is 88.7. The van der Waals surface area contributed by atoms with Gasteiger partial charge in [-0.05, 0) is 88.5 Å². The molecule has 2 heterocycles. The Bertz CT molecular complexity index is 1390. The van der Waals surface area contributed by atoms with Crippen molar-refractivity contribution in [2.24, 2.45) is 11.8 Å². The molecule has 0 radical (unpaired) electrons. The van der Waals surface area contributed by atoms with Crippen molar-refractivity contribution >= 4 is 58.8 Å². The highest BCUT2D eigenvalue weighted by molar-refractivity contribution is 8.00. The molecule has 0 bridgehead atoms. The summed E-state index contributed by atoms with van der Waals surface area (Å²) in [6.07, 6.45) is 9.70. The van der Waals surface area contributed by atoms with Gasteiger partial charge in [-0.25, -0.2) is 0 Å². The minimum absolute atomic E-state index is 0.0189. The van der Waals surface area contributed by atoms with Crippen LogP contribution in [0.5, 0.6) is 0 Å². The fourth-order valence-corrected chi connectivity index (χ4v) is 8.19. The van der Waals surface area contributed by atoms with Gasteiger partial charge in [0.1, 0.15) is 12.1 Å². The number of anilines is 1. The molecule has 0 spiro atoms. The highest BCUT2D eigenvalue weighted by atomic mass is 32.2. The summed E-state index contributed by atoms with van der Waals surface area (Å²) in [6, 6.07) is 7.63. The van der Waals surface area contributed by atoms with Crippen molar-refractivity contribution in [2.75, 3.05) is 30.7 Å². The number of para-hydroxylation sites is 1. The highest BCUT2D eigenvalue weighted by Crippen LogP contribution is 2.29. The largest absolute Gasteiger partial charge is 0.356 e. The van der Waals surface area contributed by atoms with Gasteiger partial charge >= 0.3 is 0 Å². The molecule has 3 atom stereocenters. The van der Waals surface area contributed by atoms with Gasteiger partial charge in [-0.2, -0.15) is 0 Å². The molecule has 286 valence electrons. The number of imide groups is 1. The molecular weight excluding hydrogens is 685 g/mol. The molecule has 4 rings (SSSR count). The van der Waals surface area contributed by atoms with E-state index in [0.29, 0.717) is 75.5 Å². The van der Waals surface area contributed by atoms with Crippen LogP contribution < -0.4 is 26.6 Å². The van der Waals surface area contributed by atoms with Crippen LogP contribution in [-0.2, 0) is 33.6 Å². The molecule has 13 nitrogen and oxygen atoms in total. The molecule has 2 aliphatic heterocycles. The van der Waals surface area contributed by atoms with E-state index < -0.39 is 12.1 Å². The summed E-state index contributed by atoms with van der Waals surface area (Å²) in [5.74, 6) is 0.199. The van der Waals surface area contributed by atoms with E-state index in [4.69, 9.17) is 0 Å². The van der Waals surface area contributed by atoms with Gasteiger partial charge < -0.3 is 26.6 Å². The number of thioether (sulfide) groups is 1. The predicted octanol–water partition coefficient (Wildman–Crippen LogP) is 3.43. The molecule has 1 saturated carbocycles. The monoisotopic (exact) mass is 740 g/mol. The lowest BCUT2D eigenvalue weighted by Crippen LogP contribution is -2.50. The smallest absolute Gasteiger partial charge is 0.246 e. The van der Waals surface area contributed by atoms with E-state index >= 15 is 0 Å². The molecule has 52 heavy (non-hydrogen) atoms. The second-order valence-corrected chi connectivity index (χ2v) is 15.4. The van der Waals surface area contributed by atoms with Crippen molar-refractivity contribution in [3.8, 4) is 0 Å². The molecule has 14 heteroatoms. The maximum atomic E-state index is 13.1. The molecule has 1 unspecified atom stereocenters. The molecule has 1 aliphatic carbocycles. The quantitative estimate of drug-likeness (QED) is 0.0939. The fraction of sp³-hybridized carbons (Fsp3) is 0.658. The predicted molar refractivity (Wildman–Crippen MR) is 200 cm³/mol. The van der Waals surface area contributed by atoms with Crippen LogP contribution in [0.2, 0.25) is 0 Å². The number of benzene rings is 1. The Kier molecular flexibility index (Phi) is 16.9. The summed E-state index contributed by atoms with van der Waals surface area (Å²) in [5.41, 5.74) is 0.630. The number of nitrogens with one attached hydrogen (secondary N) is 5.